The zero-order valence-corrected chi connectivity index (χ0v) is 65.5. The summed E-state index contributed by atoms with van der Waals surface area (Å²) in [5.41, 5.74) is 0. The minimum atomic E-state index is 0.173. The van der Waals surface area contributed by atoms with E-state index < -0.39 is 0 Å². The molecule has 2 unspecified atom stereocenters. The maximum absolute atomic E-state index is 6.39. The van der Waals surface area contributed by atoms with Crippen molar-refractivity contribution in [3.05, 3.63) is 97.2 Å². The predicted octanol–water partition coefficient (Wildman–Crippen LogP) is 26.3. The smallest absolute Gasteiger partial charge is 0.0934 e. The van der Waals surface area contributed by atoms with E-state index in [1.807, 2.05) is 0 Å². The van der Waals surface area contributed by atoms with E-state index in [1.165, 1.54) is 283 Å². The molecule has 7 heteroatoms. The Morgan fingerprint density at radius 2 is 0.505 bits per heavy atom. The van der Waals surface area contributed by atoms with Gasteiger partial charge >= 0.3 is 0 Å². The zero-order valence-electron chi connectivity index (χ0n) is 65.5. The van der Waals surface area contributed by atoms with Crippen molar-refractivity contribution >= 4 is 0 Å². The monoisotopic (exact) mass is 1330 g/mol. The molecule has 0 saturated heterocycles. The first-order valence-corrected chi connectivity index (χ1v) is 41.5. The van der Waals surface area contributed by atoms with Crippen LogP contribution in [0.2, 0.25) is 0 Å². The van der Waals surface area contributed by atoms with Gasteiger partial charge in [-0.15, -0.1) is 0 Å². The molecule has 0 radical (unpaired) electrons. The number of hydrogen-bond acceptors (Lipinski definition) is 7. The van der Waals surface area contributed by atoms with Gasteiger partial charge in [0.15, 0.2) is 0 Å². The van der Waals surface area contributed by atoms with E-state index in [2.05, 4.69) is 175 Å². The lowest BCUT2D eigenvalue weighted by Gasteiger charge is -2.25. The van der Waals surface area contributed by atoms with Crippen LogP contribution in [0.4, 0.5) is 0 Å². The maximum atomic E-state index is 6.39. The minimum absolute atomic E-state index is 0.173. The summed E-state index contributed by atoms with van der Waals surface area (Å²) in [4.78, 5) is 7.16. The lowest BCUT2D eigenvalue weighted by molar-refractivity contribution is -0.0332. The molecule has 0 rings (SSSR count). The van der Waals surface area contributed by atoms with Crippen LogP contribution in [0, 0.1) is 0 Å². The number of allylic oxidation sites excluding steroid dienone is 16. The van der Waals surface area contributed by atoms with E-state index in [9.17, 15) is 0 Å². The molecule has 0 saturated carbocycles. The van der Waals surface area contributed by atoms with Crippen LogP contribution in [0.15, 0.2) is 97.2 Å². The lowest BCUT2D eigenvalue weighted by Crippen LogP contribution is -2.36. The summed E-state index contributed by atoms with van der Waals surface area (Å²) in [7, 11) is 6.54. The van der Waals surface area contributed by atoms with Crippen LogP contribution < -0.4 is 0 Å². The predicted molar refractivity (Wildman–Crippen MR) is 427 cm³/mol. The van der Waals surface area contributed by atoms with Crippen molar-refractivity contribution in [2.45, 2.75) is 368 Å². The van der Waals surface area contributed by atoms with Gasteiger partial charge in [-0.1, -0.05) is 293 Å². The Morgan fingerprint density at radius 3 is 0.779 bits per heavy atom. The molecule has 7 nitrogen and oxygen atoms in total. The molecule has 0 N–H and O–H groups in total. The maximum Gasteiger partial charge on any atom is 0.0934 e. The molecule has 0 aromatic rings. The number of nitrogens with zero attached hydrogens (tertiary/aromatic N) is 3. The molecule has 0 aliphatic rings. The van der Waals surface area contributed by atoms with Crippen LogP contribution in [0.5, 0.6) is 0 Å². The first kappa shape index (κ1) is 94.7. The summed E-state index contributed by atoms with van der Waals surface area (Å²) < 4.78 is 25.0. The molecule has 0 aromatic heterocycles. The van der Waals surface area contributed by atoms with Crippen molar-refractivity contribution in [1.29, 1.82) is 0 Å². The molecular weight excluding hydrogens is 1160 g/mol. The van der Waals surface area contributed by atoms with Gasteiger partial charge in [-0.3, -0.25) is 0 Å². The van der Waals surface area contributed by atoms with Crippen LogP contribution in [0.25, 0.3) is 0 Å². The molecular formula is C88H167N3O4. The van der Waals surface area contributed by atoms with E-state index in [1.54, 1.807) is 0 Å². The highest BCUT2D eigenvalue weighted by Crippen LogP contribution is 2.15. The van der Waals surface area contributed by atoms with Crippen LogP contribution in [0.1, 0.15) is 356 Å². The fourth-order valence-electron chi connectivity index (χ4n) is 11.7. The highest BCUT2D eigenvalue weighted by molar-refractivity contribution is 4.95. The van der Waals surface area contributed by atoms with Gasteiger partial charge in [-0.05, 0) is 208 Å². The summed E-state index contributed by atoms with van der Waals surface area (Å²) in [5.74, 6) is 0. The van der Waals surface area contributed by atoms with E-state index in [0.717, 1.165) is 111 Å². The third kappa shape index (κ3) is 84.0. The molecule has 0 amide bonds. The fraction of sp³-hybridized carbons (Fsp3) is 0.818. The van der Waals surface area contributed by atoms with Crippen LogP contribution in [-0.2, 0) is 18.9 Å². The lowest BCUT2D eigenvalue weighted by atomic mass is 10.1. The Morgan fingerprint density at radius 1 is 0.253 bits per heavy atom. The summed E-state index contributed by atoms with van der Waals surface area (Å²) in [5, 5.41) is 0. The average molecular weight is 1330 g/mol. The second kappa shape index (κ2) is 85.9. The largest absolute Gasteiger partial charge is 0.379 e. The highest BCUT2D eigenvalue weighted by atomic mass is 16.5. The molecule has 0 fully saturated rings. The van der Waals surface area contributed by atoms with Gasteiger partial charge in [0.05, 0.1) is 25.4 Å². The second-order valence-electron chi connectivity index (χ2n) is 27.9. The molecule has 0 aliphatic carbocycles. The summed E-state index contributed by atoms with van der Waals surface area (Å²) in [6.07, 6.45) is 101. The number of unbranched alkanes of at least 4 members (excludes halogenated alkanes) is 36. The van der Waals surface area contributed by atoms with Crippen molar-refractivity contribution in [1.82, 2.24) is 14.7 Å². The number of rotatable bonds is 76. The normalized spacial score (nSPS) is 13.2. The van der Waals surface area contributed by atoms with Crippen LogP contribution >= 0.6 is 0 Å². The van der Waals surface area contributed by atoms with Gasteiger partial charge in [-0.2, -0.15) is 0 Å². The van der Waals surface area contributed by atoms with E-state index in [4.69, 9.17) is 18.9 Å². The molecule has 0 spiro atoms. The third-order valence-electron chi connectivity index (χ3n) is 18.0. The van der Waals surface area contributed by atoms with Crippen molar-refractivity contribution in [3.8, 4) is 0 Å². The molecule has 95 heavy (non-hydrogen) atoms. The van der Waals surface area contributed by atoms with Gasteiger partial charge in [0.2, 0.25) is 0 Å². The van der Waals surface area contributed by atoms with E-state index in [0.29, 0.717) is 0 Å². The summed E-state index contributed by atoms with van der Waals surface area (Å²) in [6, 6.07) is 0. The molecule has 2 atom stereocenters. The highest BCUT2D eigenvalue weighted by Gasteiger charge is 2.15. The Kier molecular flexibility index (Phi) is 85.6. The minimum Gasteiger partial charge on any atom is -0.379 e. The summed E-state index contributed by atoms with van der Waals surface area (Å²) >= 11 is 0. The Bertz CT molecular complexity index is 1660. The zero-order chi connectivity index (χ0) is 69.2. The van der Waals surface area contributed by atoms with Gasteiger partial charge in [0.1, 0.15) is 0 Å². The first-order valence-electron chi connectivity index (χ1n) is 41.5. The molecule has 0 heterocycles. The van der Waals surface area contributed by atoms with Gasteiger partial charge in [-0.25, -0.2) is 0 Å². The van der Waals surface area contributed by atoms with E-state index >= 15 is 0 Å². The van der Waals surface area contributed by atoms with E-state index in [-0.39, 0.29) is 12.2 Å². The Hall–Kier alpha value is -2.36. The molecule has 0 aliphatic heterocycles. The van der Waals surface area contributed by atoms with Gasteiger partial charge in [0, 0.05) is 39.5 Å². The standard InChI is InChI=1S/C45H86N2O2.C43H81NO2/c1-6-8-10-12-14-16-18-20-22-24-26-28-30-32-34-36-41-48-44-45(43-47(5)40-38-39-46(3)4)49-42-37-35-33-31-29-27-25-23-21-19-17-15-13-11-9-7-2;1-5-9-11-13-15-17-19-21-23-25-27-29-31-33-35-37-39-45-42-43(41-44(7-3)8-4)46-40-38-36-34-32-30-28-26-24-22-20-18-16-14-12-10-6-2/h14-17,20-23,45H,6-13,18-19,24-44H2,1-5H3;15-18,21-24,43H,5-14,19-20,25-42H2,1-4H3/b16-14-,17-15-,22-20-,23-21-;17-15-,18-16-,23-21-,24-22-. The number of likely N-dealkylation sites (N-methyl/N-ethyl adjacent to an activating group) is 2. The topological polar surface area (TPSA) is 46.6 Å². The fourth-order valence-corrected chi connectivity index (χ4v) is 11.7. The van der Waals surface area contributed by atoms with Gasteiger partial charge in [0.25, 0.3) is 0 Å². The summed E-state index contributed by atoms with van der Waals surface area (Å²) in [6.45, 7) is 24.8. The molecule has 558 valence electrons. The van der Waals surface area contributed by atoms with Crippen molar-refractivity contribution in [2.75, 3.05) is 100 Å². The van der Waals surface area contributed by atoms with Crippen LogP contribution in [-0.4, -0.2) is 127 Å². The quantitative estimate of drug-likeness (QED) is 0.0444. The SMILES string of the molecule is CCCCC/C=C\C/C=C\CCCCCCCCOCC(CN(C)CCCN(C)C)OCCCCCCCC/C=C\C/C=C\CCCCC.CCCCC/C=C\C/C=C\CCCCCCCCOCC(CN(CC)CC)OCCCCCCCC/C=C\C/C=C\CCCCC. The number of hydrogen-bond donors (Lipinski definition) is 0. The molecule has 0 bridgehead atoms. The third-order valence-corrected chi connectivity index (χ3v) is 18.0. The Labute approximate surface area is 596 Å². The first-order chi connectivity index (χ1) is 46.9. The van der Waals surface area contributed by atoms with Gasteiger partial charge < -0.3 is 33.6 Å². The Balaban J connectivity index is 0. The van der Waals surface area contributed by atoms with Crippen molar-refractivity contribution in [3.63, 3.8) is 0 Å². The second-order valence-corrected chi connectivity index (χ2v) is 27.9. The van der Waals surface area contributed by atoms with Crippen LogP contribution in [0.3, 0.4) is 0 Å². The average Bonchev–Trinajstić information content (AvgIpc) is 3.67. The van der Waals surface area contributed by atoms with Crippen molar-refractivity contribution < 1.29 is 18.9 Å². The molecule has 0 aromatic carbocycles. The number of ether oxygens (including phenoxy) is 4. The van der Waals surface area contributed by atoms with Crippen molar-refractivity contribution in [2.24, 2.45) is 0 Å².